The van der Waals surface area contributed by atoms with E-state index in [2.05, 4.69) is 40.5 Å². The first-order chi connectivity index (χ1) is 28.2. The van der Waals surface area contributed by atoms with Crippen LogP contribution in [0.5, 0.6) is 5.88 Å². The fourth-order valence-corrected chi connectivity index (χ4v) is 6.33. The average molecular weight is 828 g/mol. The number of hydrogen-bond acceptors (Lipinski definition) is 7. The van der Waals surface area contributed by atoms with Gasteiger partial charge in [0, 0.05) is 52.1 Å². The van der Waals surface area contributed by atoms with Crippen molar-refractivity contribution < 1.29 is 14.3 Å². The van der Waals surface area contributed by atoms with Crippen molar-refractivity contribution in [2.75, 3.05) is 17.2 Å². The van der Waals surface area contributed by atoms with Gasteiger partial charge in [-0.25, -0.2) is 19.9 Å². The lowest BCUT2D eigenvalue weighted by molar-refractivity contribution is 0.101. The van der Waals surface area contributed by atoms with Crippen LogP contribution in [0.15, 0.2) is 146 Å². The Hall–Kier alpha value is -6.79. The molecule has 8 aromatic rings. The zero-order chi connectivity index (χ0) is 40.4. The van der Waals surface area contributed by atoms with Crippen LogP contribution in [0.1, 0.15) is 27.6 Å². The molecule has 2 amide bonds. The Bertz CT molecular complexity index is 2690. The third kappa shape index (κ3) is 9.77. The Labute approximate surface area is 348 Å². The number of aromatic amines is 2. The largest absolute Gasteiger partial charge is 0.478 e. The normalized spacial score (nSPS) is 10.6. The van der Waals surface area contributed by atoms with Crippen LogP contribution in [0.4, 0.5) is 11.4 Å². The van der Waals surface area contributed by atoms with Crippen molar-refractivity contribution in [2.45, 2.75) is 6.92 Å². The number of pyridine rings is 2. The number of H-pyrrole nitrogens is 2. The standard InChI is InChI=1S/C23H19ClN4O2.C21H14Cl2N4O/c1-2-30-21-12-16(10-11-25-21)23(29)27-17-8-9-19(24)18(13-17)22-26-14-20(28-22)15-6-4-3-5-7-15;22-17-7-6-15(26-21(28)14-8-9-24-19(23)10-14)11-16(17)20-25-12-18(27-20)13-4-2-1-3-5-13/h3-14H,2H2,1H3,(H,26,28)(H,27,29);1-12H,(H,25,27)(H,26,28). The molecule has 4 heterocycles. The number of benzene rings is 4. The van der Waals surface area contributed by atoms with Gasteiger partial charge in [0.25, 0.3) is 11.8 Å². The Morgan fingerprint density at radius 3 is 1.55 bits per heavy atom. The van der Waals surface area contributed by atoms with E-state index >= 15 is 0 Å². The van der Waals surface area contributed by atoms with E-state index < -0.39 is 0 Å². The Kier molecular flexibility index (Phi) is 12.5. The van der Waals surface area contributed by atoms with E-state index in [-0.39, 0.29) is 17.0 Å². The van der Waals surface area contributed by atoms with Gasteiger partial charge in [0.15, 0.2) is 0 Å². The highest BCUT2D eigenvalue weighted by Gasteiger charge is 2.15. The van der Waals surface area contributed by atoms with Crippen LogP contribution in [0, 0.1) is 0 Å². The minimum absolute atomic E-state index is 0.258. The molecule has 4 aromatic carbocycles. The number of hydrogen-bond donors (Lipinski definition) is 4. The molecule has 11 nitrogen and oxygen atoms in total. The fraction of sp³-hybridized carbons (Fsp3) is 0.0455. The summed E-state index contributed by atoms with van der Waals surface area (Å²) in [5.74, 6) is 1.09. The molecule has 0 saturated heterocycles. The summed E-state index contributed by atoms with van der Waals surface area (Å²) in [6, 6.07) is 36.6. The van der Waals surface area contributed by atoms with Crippen LogP contribution in [0.3, 0.4) is 0 Å². The van der Waals surface area contributed by atoms with Crippen molar-refractivity contribution in [2.24, 2.45) is 0 Å². The monoisotopic (exact) mass is 826 g/mol. The van der Waals surface area contributed by atoms with Crippen LogP contribution in [-0.4, -0.2) is 48.3 Å². The van der Waals surface area contributed by atoms with Gasteiger partial charge >= 0.3 is 0 Å². The number of ether oxygens (including phenoxy) is 1. The van der Waals surface area contributed by atoms with Gasteiger partial charge < -0.3 is 25.3 Å². The molecule has 0 unspecified atom stereocenters. The quantitative estimate of drug-likeness (QED) is 0.100. The number of nitrogens with one attached hydrogen (secondary N) is 4. The zero-order valence-corrected chi connectivity index (χ0v) is 33.0. The van der Waals surface area contributed by atoms with Crippen molar-refractivity contribution in [3.63, 3.8) is 0 Å². The Morgan fingerprint density at radius 2 is 1.07 bits per heavy atom. The summed E-state index contributed by atoms with van der Waals surface area (Å²) in [6.45, 7) is 2.34. The molecule has 0 radical (unpaired) electrons. The van der Waals surface area contributed by atoms with Gasteiger partial charge in [0.2, 0.25) is 5.88 Å². The van der Waals surface area contributed by atoms with Crippen LogP contribution in [-0.2, 0) is 0 Å². The molecule has 0 aliphatic heterocycles. The van der Waals surface area contributed by atoms with E-state index in [1.54, 1.807) is 73.2 Å². The Morgan fingerprint density at radius 1 is 0.586 bits per heavy atom. The van der Waals surface area contributed by atoms with E-state index in [4.69, 9.17) is 39.5 Å². The van der Waals surface area contributed by atoms with Crippen LogP contribution >= 0.6 is 34.8 Å². The first kappa shape index (κ1) is 39.4. The number of aromatic nitrogens is 6. The highest BCUT2D eigenvalue weighted by molar-refractivity contribution is 6.34. The lowest BCUT2D eigenvalue weighted by atomic mass is 10.1. The summed E-state index contributed by atoms with van der Waals surface area (Å²) >= 11 is 18.6. The summed E-state index contributed by atoms with van der Waals surface area (Å²) in [6.07, 6.45) is 6.54. The second-order valence-electron chi connectivity index (χ2n) is 12.5. The van der Waals surface area contributed by atoms with E-state index in [0.29, 0.717) is 67.8 Å². The van der Waals surface area contributed by atoms with Crippen LogP contribution < -0.4 is 15.4 Å². The molecule has 8 rings (SSSR count). The fourth-order valence-electron chi connectivity index (χ4n) is 5.74. The summed E-state index contributed by atoms with van der Waals surface area (Å²) in [5, 5.41) is 7.03. The summed E-state index contributed by atoms with van der Waals surface area (Å²) in [5.41, 5.74) is 7.27. The topological polar surface area (TPSA) is 151 Å². The van der Waals surface area contributed by atoms with Gasteiger partial charge in [-0.3, -0.25) is 9.59 Å². The van der Waals surface area contributed by atoms with E-state index in [0.717, 1.165) is 22.5 Å². The predicted molar refractivity (Wildman–Crippen MR) is 229 cm³/mol. The molecule has 288 valence electrons. The van der Waals surface area contributed by atoms with Crippen LogP contribution in [0.2, 0.25) is 15.2 Å². The van der Waals surface area contributed by atoms with E-state index in [1.807, 2.05) is 67.6 Å². The molecule has 14 heteroatoms. The van der Waals surface area contributed by atoms with Gasteiger partial charge in [-0.2, -0.15) is 0 Å². The first-order valence-electron chi connectivity index (χ1n) is 17.9. The maximum Gasteiger partial charge on any atom is 0.255 e. The predicted octanol–water partition coefficient (Wildman–Crippen LogP) is 11.1. The number of imidazole rings is 2. The van der Waals surface area contributed by atoms with Gasteiger partial charge in [0.1, 0.15) is 16.8 Å². The molecule has 0 saturated carbocycles. The minimum Gasteiger partial charge on any atom is -0.478 e. The molecule has 4 aromatic heterocycles. The highest BCUT2D eigenvalue weighted by Crippen LogP contribution is 2.32. The smallest absolute Gasteiger partial charge is 0.255 e. The molecular weight excluding hydrogens is 795 g/mol. The maximum absolute atomic E-state index is 12.6. The third-order valence-corrected chi connectivity index (χ3v) is 9.42. The molecule has 4 N–H and O–H groups in total. The second-order valence-corrected chi connectivity index (χ2v) is 13.7. The van der Waals surface area contributed by atoms with Crippen molar-refractivity contribution in [1.29, 1.82) is 0 Å². The molecule has 58 heavy (non-hydrogen) atoms. The van der Waals surface area contributed by atoms with Crippen molar-refractivity contribution in [3.05, 3.63) is 172 Å². The molecule has 0 spiro atoms. The van der Waals surface area contributed by atoms with Crippen molar-refractivity contribution in [3.8, 4) is 51.2 Å². The van der Waals surface area contributed by atoms with Crippen molar-refractivity contribution in [1.82, 2.24) is 29.9 Å². The first-order valence-corrected chi connectivity index (χ1v) is 19.0. The number of carbonyl (C=O) groups excluding carboxylic acids is 2. The molecule has 0 bridgehead atoms. The molecular formula is C44H33Cl3N8O3. The van der Waals surface area contributed by atoms with Gasteiger partial charge in [-0.15, -0.1) is 0 Å². The van der Waals surface area contributed by atoms with Gasteiger partial charge in [-0.05, 0) is 72.6 Å². The van der Waals surface area contributed by atoms with Crippen LogP contribution in [0.25, 0.3) is 45.3 Å². The van der Waals surface area contributed by atoms with Gasteiger partial charge in [-0.1, -0.05) is 95.5 Å². The summed E-state index contributed by atoms with van der Waals surface area (Å²) in [4.78, 5) is 48.5. The maximum atomic E-state index is 12.6. The third-order valence-electron chi connectivity index (χ3n) is 8.56. The summed E-state index contributed by atoms with van der Waals surface area (Å²) < 4.78 is 5.36. The number of halogens is 3. The number of carbonyl (C=O) groups is 2. The highest BCUT2D eigenvalue weighted by atomic mass is 35.5. The second kappa shape index (κ2) is 18.4. The molecule has 0 atom stereocenters. The Balaban J connectivity index is 0.000000177. The lowest BCUT2D eigenvalue weighted by Gasteiger charge is -2.09. The zero-order valence-electron chi connectivity index (χ0n) is 30.7. The number of anilines is 2. The minimum atomic E-state index is -0.290. The SMILES string of the molecule is CCOc1cc(C(=O)Nc2ccc(Cl)c(-c3ncc(-c4ccccc4)[nH]3)c2)ccn1.O=C(Nc1ccc(Cl)c(-c2ncc(-c3ccccc3)[nH]2)c1)c1ccnc(Cl)c1. The number of amides is 2. The van der Waals surface area contributed by atoms with E-state index in [9.17, 15) is 9.59 Å². The number of rotatable bonds is 10. The molecule has 0 fully saturated rings. The van der Waals surface area contributed by atoms with Crippen molar-refractivity contribution >= 4 is 58.0 Å². The summed E-state index contributed by atoms with van der Waals surface area (Å²) in [7, 11) is 0. The van der Waals surface area contributed by atoms with Gasteiger partial charge in [0.05, 0.1) is 40.4 Å². The van der Waals surface area contributed by atoms with E-state index in [1.165, 1.54) is 12.3 Å². The lowest BCUT2D eigenvalue weighted by Crippen LogP contribution is -2.12. The number of nitrogens with zero attached hydrogens (tertiary/aromatic N) is 4. The average Bonchev–Trinajstić information content (AvgIpc) is 3.95. The molecule has 0 aliphatic carbocycles. The molecule has 0 aliphatic rings.